The standard InChI is InChI=1S/C26H34N4O2/c1-4-29(18-22-13-9-17-32-22)19-23-24(27-25-20(2)10-8-15-30(23)25)26(31)28(3)16-14-21-11-6-5-7-12-21/h5-8,10-12,15,22H,4,9,13-14,16-19H2,1-3H3/t22-/m1/s1. The van der Waals surface area contributed by atoms with Crippen LogP contribution in [0.3, 0.4) is 0 Å². The monoisotopic (exact) mass is 434 g/mol. The van der Waals surface area contributed by atoms with E-state index in [1.165, 1.54) is 5.56 Å². The molecule has 4 rings (SSSR count). The predicted molar refractivity (Wildman–Crippen MR) is 127 cm³/mol. The number of aryl methyl sites for hydroxylation is 1. The van der Waals surface area contributed by atoms with Gasteiger partial charge >= 0.3 is 0 Å². The number of likely N-dealkylation sites (N-methyl/N-ethyl adjacent to an activating group) is 2. The van der Waals surface area contributed by atoms with Gasteiger partial charge in [0.1, 0.15) is 5.65 Å². The van der Waals surface area contributed by atoms with Gasteiger partial charge in [0.25, 0.3) is 5.91 Å². The normalized spacial score (nSPS) is 16.2. The summed E-state index contributed by atoms with van der Waals surface area (Å²) in [6.45, 7) is 8.17. The van der Waals surface area contributed by atoms with Crippen molar-refractivity contribution in [2.45, 2.75) is 45.8 Å². The molecular formula is C26H34N4O2. The smallest absolute Gasteiger partial charge is 0.274 e. The molecule has 1 aliphatic heterocycles. The number of ether oxygens (including phenoxy) is 1. The number of pyridine rings is 1. The van der Waals surface area contributed by atoms with E-state index in [2.05, 4.69) is 28.4 Å². The van der Waals surface area contributed by atoms with E-state index in [4.69, 9.17) is 9.72 Å². The molecule has 1 amide bonds. The van der Waals surface area contributed by atoms with E-state index in [9.17, 15) is 4.79 Å². The Hall–Kier alpha value is -2.70. The average molecular weight is 435 g/mol. The summed E-state index contributed by atoms with van der Waals surface area (Å²) in [6, 6.07) is 14.4. The molecular weight excluding hydrogens is 400 g/mol. The Morgan fingerprint density at radius 3 is 2.75 bits per heavy atom. The number of nitrogens with zero attached hydrogens (tertiary/aromatic N) is 4. The molecule has 1 atom stereocenters. The van der Waals surface area contributed by atoms with E-state index in [0.717, 1.165) is 55.9 Å². The van der Waals surface area contributed by atoms with Gasteiger partial charge < -0.3 is 14.0 Å². The number of benzene rings is 1. The van der Waals surface area contributed by atoms with Crippen LogP contribution in [-0.4, -0.2) is 64.5 Å². The Balaban J connectivity index is 1.58. The first-order valence-electron chi connectivity index (χ1n) is 11.7. The first-order valence-corrected chi connectivity index (χ1v) is 11.7. The molecule has 0 aliphatic carbocycles. The molecule has 1 aliphatic rings. The predicted octanol–water partition coefficient (Wildman–Crippen LogP) is 3.96. The van der Waals surface area contributed by atoms with Crippen LogP contribution in [-0.2, 0) is 17.7 Å². The highest BCUT2D eigenvalue weighted by molar-refractivity contribution is 5.94. The molecule has 32 heavy (non-hydrogen) atoms. The molecule has 0 spiro atoms. The van der Waals surface area contributed by atoms with Gasteiger partial charge in [0.05, 0.1) is 11.8 Å². The zero-order valence-corrected chi connectivity index (χ0v) is 19.5. The van der Waals surface area contributed by atoms with Gasteiger partial charge in [0, 0.05) is 39.5 Å². The quantitative estimate of drug-likeness (QED) is 0.512. The highest BCUT2D eigenvalue weighted by Crippen LogP contribution is 2.21. The first kappa shape index (κ1) is 22.5. The van der Waals surface area contributed by atoms with E-state index < -0.39 is 0 Å². The minimum absolute atomic E-state index is 0.0211. The number of rotatable bonds is 9. The van der Waals surface area contributed by atoms with Gasteiger partial charge in [-0.05, 0) is 49.9 Å². The molecule has 1 saturated heterocycles. The van der Waals surface area contributed by atoms with Crippen molar-refractivity contribution in [3.8, 4) is 0 Å². The van der Waals surface area contributed by atoms with Gasteiger partial charge in [-0.2, -0.15) is 0 Å². The lowest BCUT2D eigenvalue weighted by Gasteiger charge is -2.24. The third-order valence-electron chi connectivity index (χ3n) is 6.38. The minimum atomic E-state index is -0.0211. The fourth-order valence-corrected chi connectivity index (χ4v) is 4.39. The molecule has 6 heteroatoms. The molecule has 2 aromatic heterocycles. The fourth-order valence-electron chi connectivity index (χ4n) is 4.39. The lowest BCUT2D eigenvalue weighted by atomic mass is 10.1. The number of hydrogen-bond acceptors (Lipinski definition) is 4. The Bertz CT molecular complexity index is 1040. The summed E-state index contributed by atoms with van der Waals surface area (Å²) < 4.78 is 7.95. The third kappa shape index (κ3) is 5.03. The summed E-state index contributed by atoms with van der Waals surface area (Å²) in [4.78, 5) is 22.5. The van der Waals surface area contributed by atoms with Crippen molar-refractivity contribution in [2.75, 3.05) is 33.3 Å². The molecule has 0 radical (unpaired) electrons. The number of fused-ring (bicyclic) bond motifs is 1. The van der Waals surface area contributed by atoms with Crippen LogP contribution in [0.5, 0.6) is 0 Å². The zero-order chi connectivity index (χ0) is 22.5. The molecule has 6 nitrogen and oxygen atoms in total. The lowest BCUT2D eigenvalue weighted by Crippen LogP contribution is -2.34. The van der Waals surface area contributed by atoms with Gasteiger partial charge in [0.2, 0.25) is 0 Å². The largest absolute Gasteiger partial charge is 0.377 e. The van der Waals surface area contributed by atoms with E-state index in [1.54, 1.807) is 4.90 Å². The number of carbonyl (C=O) groups is 1. The van der Waals surface area contributed by atoms with Crippen molar-refractivity contribution in [3.63, 3.8) is 0 Å². The maximum absolute atomic E-state index is 13.5. The number of amides is 1. The van der Waals surface area contributed by atoms with Crippen molar-refractivity contribution >= 4 is 11.6 Å². The second-order valence-corrected chi connectivity index (χ2v) is 8.72. The van der Waals surface area contributed by atoms with Crippen LogP contribution in [0.1, 0.15) is 47.1 Å². The van der Waals surface area contributed by atoms with Crippen LogP contribution >= 0.6 is 0 Å². The maximum Gasteiger partial charge on any atom is 0.274 e. The van der Waals surface area contributed by atoms with Crippen LogP contribution in [0, 0.1) is 6.92 Å². The fraction of sp³-hybridized carbons (Fsp3) is 0.462. The van der Waals surface area contributed by atoms with Crippen molar-refractivity contribution in [2.24, 2.45) is 0 Å². The van der Waals surface area contributed by atoms with Gasteiger partial charge in [-0.3, -0.25) is 9.69 Å². The van der Waals surface area contributed by atoms with Crippen molar-refractivity contribution in [1.29, 1.82) is 0 Å². The lowest BCUT2D eigenvalue weighted by molar-refractivity contribution is 0.0712. The number of imidazole rings is 1. The van der Waals surface area contributed by atoms with E-state index in [0.29, 0.717) is 18.8 Å². The summed E-state index contributed by atoms with van der Waals surface area (Å²) in [6.07, 6.45) is 5.36. The van der Waals surface area contributed by atoms with Gasteiger partial charge in [-0.1, -0.05) is 43.3 Å². The number of aromatic nitrogens is 2. The van der Waals surface area contributed by atoms with Crippen LogP contribution in [0.25, 0.3) is 5.65 Å². The topological polar surface area (TPSA) is 50.1 Å². The molecule has 0 saturated carbocycles. The van der Waals surface area contributed by atoms with E-state index in [1.807, 2.05) is 50.5 Å². The summed E-state index contributed by atoms with van der Waals surface area (Å²) in [5, 5.41) is 0. The Labute approximate surface area is 190 Å². The average Bonchev–Trinajstić information content (AvgIpc) is 3.46. The SMILES string of the molecule is CCN(Cc1c(C(=O)N(C)CCc2ccccc2)nc2c(C)cccn12)C[C@H]1CCCO1. The molecule has 0 unspecified atom stereocenters. The van der Waals surface area contributed by atoms with E-state index >= 15 is 0 Å². The molecule has 170 valence electrons. The van der Waals surface area contributed by atoms with E-state index in [-0.39, 0.29) is 12.0 Å². The molecule has 3 heterocycles. The Morgan fingerprint density at radius 1 is 1.22 bits per heavy atom. The van der Waals surface area contributed by atoms with Crippen molar-refractivity contribution in [1.82, 2.24) is 19.2 Å². The number of hydrogen-bond donors (Lipinski definition) is 0. The van der Waals surface area contributed by atoms with Gasteiger partial charge in [0.15, 0.2) is 5.69 Å². The highest BCUT2D eigenvalue weighted by atomic mass is 16.5. The van der Waals surface area contributed by atoms with Gasteiger partial charge in [-0.25, -0.2) is 4.98 Å². The maximum atomic E-state index is 13.5. The summed E-state index contributed by atoms with van der Waals surface area (Å²) in [5.41, 5.74) is 4.67. The third-order valence-corrected chi connectivity index (χ3v) is 6.38. The highest BCUT2D eigenvalue weighted by Gasteiger charge is 2.25. The van der Waals surface area contributed by atoms with Crippen LogP contribution < -0.4 is 0 Å². The first-order chi connectivity index (χ1) is 15.6. The van der Waals surface area contributed by atoms with Crippen LogP contribution in [0.2, 0.25) is 0 Å². The summed E-state index contributed by atoms with van der Waals surface area (Å²) >= 11 is 0. The molecule has 1 aromatic carbocycles. The second-order valence-electron chi connectivity index (χ2n) is 8.72. The minimum Gasteiger partial charge on any atom is -0.377 e. The zero-order valence-electron chi connectivity index (χ0n) is 19.5. The summed E-state index contributed by atoms with van der Waals surface area (Å²) in [7, 11) is 1.87. The Kier molecular flexibility index (Phi) is 7.22. The van der Waals surface area contributed by atoms with Crippen molar-refractivity contribution in [3.05, 3.63) is 71.2 Å². The molecule has 0 bridgehead atoms. The molecule has 1 fully saturated rings. The summed E-state index contributed by atoms with van der Waals surface area (Å²) in [5.74, 6) is -0.0211. The Morgan fingerprint density at radius 2 is 2.03 bits per heavy atom. The number of carbonyl (C=O) groups excluding carboxylic acids is 1. The second kappa shape index (κ2) is 10.3. The molecule has 3 aromatic rings. The van der Waals surface area contributed by atoms with Crippen LogP contribution in [0.4, 0.5) is 0 Å². The van der Waals surface area contributed by atoms with Gasteiger partial charge in [-0.15, -0.1) is 0 Å². The molecule has 0 N–H and O–H groups in total. The van der Waals surface area contributed by atoms with Crippen LogP contribution in [0.15, 0.2) is 48.7 Å². The van der Waals surface area contributed by atoms with Crippen molar-refractivity contribution < 1.29 is 9.53 Å².